The largest absolute Gasteiger partial charge is 0.309 e. The Balaban J connectivity index is 2.56. The van der Waals surface area contributed by atoms with Gasteiger partial charge in [-0.1, -0.05) is 25.1 Å². The lowest BCUT2D eigenvalue weighted by atomic mass is 10.3. The standard InChI is InChI=1S/C11H18N2/c1-3-10-12-13(4-2)11-8-6-5-7-9-11/h5-9,12H,3-4,10H2,1-2H3. The van der Waals surface area contributed by atoms with Crippen molar-refractivity contribution in [3.05, 3.63) is 30.3 Å². The Morgan fingerprint density at radius 2 is 1.85 bits per heavy atom. The van der Waals surface area contributed by atoms with Crippen molar-refractivity contribution in [3.63, 3.8) is 0 Å². The van der Waals surface area contributed by atoms with E-state index in [1.807, 2.05) is 6.07 Å². The number of benzene rings is 1. The van der Waals surface area contributed by atoms with Crippen molar-refractivity contribution in [2.75, 3.05) is 18.1 Å². The van der Waals surface area contributed by atoms with E-state index in [9.17, 15) is 0 Å². The second-order valence-corrected chi connectivity index (χ2v) is 2.99. The molecule has 0 bridgehead atoms. The van der Waals surface area contributed by atoms with Crippen LogP contribution in [0.3, 0.4) is 0 Å². The zero-order valence-corrected chi connectivity index (χ0v) is 8.46. The summed E-state index contributed by atoms with van der Waals surface area (Å²) in [6.45, 7) is 6.34. The summed E-state index contributed by atoms with van der Waals surface area (Å²) >= 11 is 0. The van der Waals surface area contributed by atoms with Crippen LogP contribution in [0.25, 0.3) is 0 Å². The molecule has 0 saturated heterocycles. The molecule has 1 N–H and O–H groups in total. The molecule has 0 unspecified atom stereocenters. The van der Waals surface area contributed by atoms with E-state index in [0.717, 1.165) is 19.5 Å². The summed E-state index contributed by atoms with van der Waals surface area (Å²) in [5, 5.41) is 2.17. The van der Waals surface area contributed by atoms with Gasteiger partial charge in [-0.15, -0.1) is 0 Å². The Labute approximate surface area is 80.5 Å². The van der Waals surface area contributed by atoms with Gasteiger partial charge in [0.15, 0.2) is 0 Å². The fourth-order valence-corrected chi connectivity index (χ4v) is 1.24. The molecule has 0 aliphatic rings. The van der Waals surface area contributed by atoms with Crippen molar-refractivity contribution in [2.45, 2.75) is 20.3 Å². The summed E-state index contributed by atoms with van der Waals surface area (Å²) < 4.78 is 0. The maximum absolute atomic E-state index is 3.37. The molecule has 0 radical (unpaired) electrons. The molecule has 0 aliphatic heterocycles. The van der Waals surface area contributed by atoms with Crippen molar-refractivity contribution < 1.29 is 0 Å². The summed E-state index contributed by atoms with van der Waals surface area (Å²) in [6.07, 6.45) is 1.16. The molecular weight excluding hydrogens is 160 g/mol. The average molecular weight is 178 g/mol. The van der Waals surface area contributed by atoms with Crippen molar-refractivity contribution in [2.24, 2.45) is 0 Å². The van der Waals surface area contributed by atoms with Gasteiger partial charge in [-0.2, -0.15) is 0 Å². The number of para-hydroxylation sites is 1. The Morgan fingerprint density at radius 1 is 1.15 bits per heavy atom. The summed E-state index contributed by atoms with van der Waals surface area (Å²) in [5.41, 5.74) is 4.60. The SMILES string of the molecule is CCCNN(CC)c1ccccc1. The van der Waals surface area contributed by atoms with Gasteiger partial charge in [-0.3, -0.25) is 0 Å². The minimum atomic E-state index is 0.990. The summed E-state index contributed by atoms with van der Waals surface area (Å²) in [4.78, 5) is 0. The Morgan fingerprint density at radius 3 is 2.38 bits per heavy atom. The molecule has 1 rings (SSSR count). The van der Waals surface area contributed by atoms with Crippen LogP contribution in [0, 0.1) is 0 Å². The minimum Gasteiger partial charge on any atom is -0.309 e. The summed E-state index contributed by atoms with van der Waals surface area (Å²) in [7, 11) is 0. The van der Waals surface area contributed by atoms with Crippen LogP contribution in [0.15, 0.2) is 30.3 Å². The van der Waals surface area contributed by atoms with Crippen LogP contribution >= 0.6 is 0 Å². The third kappa shape index (κ3) is 3.07. The first-order chi connectivity index (χ1) is 6.38. The molecule has 1 aromatic carbocycles. The van der Waals surface area contributed by atoms with Crippen LogP contribution in [-0.4, -0.2) is 13.1 Å². The zero-order chi connectivity index (χ0) is 9.52. The van der Waals surface area contributed by atoms with E-state index < -0.39 is 0 Å². The molecule has 13 heavy (non-hydrogen) atoms. The predicted molar refractivity (Wildman–Crippen MR) is 57.8 cm³/mol. The highest BCUT2D eigenvalue weighted by Gasteiger charge is 1.99. The van der Waals surface area contributed by atoms with Crippen LogP contribution in [0.2, 0.25) is 0 Å². The van der Waals surface area contributed by atoms with Crippen molar-refractivity contribution >= 4 is 5.69 Å². The smallest absolute Gasteiger partial charge is 0.0519 e. The zero-order valence-electron chi connectivity index (χ0n) is 8.46. The van der Waals surface area contributed by atoms with E-state index >= 15 is 0 Å². The van der Waals surface area contributed by atoms with E-state index in [1.54, 1.807) is 0 Å². The first kappa shape index (κ1) is 10.1. The maximum atomic E-state index is 3.37. The molecule has 2 heteroatoms. The predicted octanol–water partition coefficient (Wildman–Crippen LogP) is 2.43. The number of rotatable bonds is 5. The highest BCUT2D eigenvalue weighted by Crippen LogP contribution is 2.09. The molecule has 0 aliphatic carbocycles. The van der Waals surface area contributed by atoms with Gasteiger partial charge in [0.2, 0.25) is 0 Å². The molecule has 0 amide bonds. The van der Waals surface area contributed by atoms with E-state index in [2.05, 4.69) is 48.5 Å². The van der Waals surface area contributed by atoms with Crippen molar-refractivity contribution in [1.29, 1.82) is 0 Å². The third-order valence-electron chi connectivity index (χ3n) is 1.94. The highest BCUT2D eigenvalue weighted by atomic mass is 15.5. The fraction of sp³-hybridized carbons (Fsp3) is 0.455. The number of hydrogen-bond acceptors (Lipinski definition) is 2. The van der Waals surface area contributed by atoms with Crippen molar-refractivity contribution in [1.82, 2.24) is 5.43 Å². The average Bonchev–Trinajstić information content (AvgIpc) is 2.21. The number of nitrogens with zero attached hydrogens (tertiary/aromatic N) is 1. The molecule has 2 nitrogen and oxygen atoms in total. The second kappa shape index (κ2) is 5.60. The van der Waals surface area contributed by atoms with Gasteiger partial charge < -0.3 is 5.01 Å². The number of anilines is 1. The number of hydrazine groups is 1. The van der Waals surface area contributed by atoms with E-state index in [0.29, 0.717) is 0 Å². The Bertz CT molecular complexity index is 221. The lowest BCUT2D eigenvalue weighted by Crippen LogP contribution is -2.38. The van der Waals surface area contributed by atoms with Gasteiger partial charge in [0, 0.05) is 13.1 Å². The minimum absolute atomic E-state index is 0.990. The van der Waals surface area contributed by atoms with Crippen LogP contribution in [0.1, 0.15) is 20.3 Å². The molecule has 0 saturated carbocycles. The van der Waals surface area contributed by atoms with Gasteiger partial charge in [0.25, 0.3) is 0 Å². The Hall–Kier alpha value is -1.02. The fourth-order valence-electron chi connectivity index (χ4n) is 1.24. The molecule has 0 spiro atoms. The number of hydrogen-bond donors (Lipinski definition) is 1. The maximum Gasteiger partial charge on any atom is 0.0519 e. The topological polar surface area (TPSA) is 15.3 Å². The summed E-state index contributed by atoms with van der Waals surface area (Å²) in [6, 6.07) is 10.4. The Kier molecular flexibility index (Phi) is 4.33. The molecule has 1 aromatic rings. The van der Waals surface area contributed by atoms with Crippen LogP contribution < -0.4 is 10.4 Å². The number of nitrogens with one attached hydrogen (secondary N) is 1. The summed E-state index contributed by atoms with van der Waals surface area (Å²) in [5.74, 6) is 0. The second-order valence-electron chi connectivity index (χ2n) is 2.99. The monoisotopic (exact) mass is 178 g/mol. The molecular formula is C11H18N2. The molecule has 0 atom stereocenters. The van der Waals surface area contributed by atoms with E-state index in [4.69, 9.17) is 0 Å². The highest BCUT2D eigenvalue weighted by molar-refractivity contribution is 5.44. The van der Waals surface area contributed by atoms with Gasteiger partial charge in [-0.05, 0) is 25.5 Å². The van der Waals surface area contributed by atoms with Gasteiger partial charge in [-0.25, -0.2) is 5.43 Å². The normalized spacial score (nSPS) is 10.0. The first-order valence-corrected chi connectivity index (χ1v) is 4.94. The molecule has 72 valence electrons. The van der Waals surface area contributed by atoms with E-state index in [1.165, 1.54) is 5.69 Å². The molecule has 0 fully saturated rings. The van der Waals surface area contributed by atoms with Crippen LogP contribution in [-0.2, 0) is 0 Å². The third-order valence-corrected chi connectivity index (χ3v) is 1.94. The molecule has 0 aromatic heterocycles. The lowest BCUT2D eigenvalue weighted by Gasteiger charge is -2.23. The van der Waals surface area contributed by atoms with Crippen molar-refractivity contribution in [3.8, 4) is 0 Å². The lowest BCUT2D eigenvalue weighted by molar-refractivity contribution is 0.628. The van der Waals surface area contributed by atoms with Gasteiger partial charge in [0.05, 0.1) is 5.69 Å². The van der Waals surface area contributed by atoms with Crippen LogP contribution in [0.4, 0.5) is 5.69 Å². The molecule has 0 heterocycles. The van der Waals surface area contributed by atoms with E-state index in [-0.39, 0.29) is 0 Å². The first-order valence-electron chi connectivity index (χ1n) is 4.94. The van der Waals surface area contributed by atoms with Gasteiger partial charge >= 0.3 is 0 Å². The quantitative estimate of drug-likeness (QED) is 0.697. The van der Waals surface area contributed by atoms with Gasteiger partial charge in [0.1, 0.15) is 0 Å². The van der Waals surface area contributed by atoms with Crippen LogP contribution in [0.5, 0.6) is 0 Å².